The molecule has 0 unspecified atom stereocenters. The Morgan fingerprint density at radius 3 is 1.43 bits per heavy atom. The van der Waals surface area contributed by atoms with E-state index < -0.39 is 8.60 Å². The molecular weight excluding hydrogens is 209 g/mol. The Kier molecular flexibility index (Phi) is 7.51. The van der Waals surface area contributed by atoms with Gasteiger partial charge in [-0.1, -0.05) is 0 Å². The molecule has 1 rings (SSSR count). The lowest BCUT2D eigenvalue weighted by atomic mass is 10.4. The van der Waals surface area contributed by atoms with E-state index in [-0.39, 0.29) is 11.8 Å². The van der Waals surface area contributed by atoms with Gasteiger partial charge in [0.25, 0.3) is 0 Å². The molecule has 0 saturated carbocycles. The number of imide groups is 1. The summed E-state index contributed by atoms with van der Waals surface area (Å²) in [5, 5.41) is 2.14. The minimum absolute atomic E-state index is 0.148. The molecule has 0 bridgehead atoms. The lowest BCUT2D eigenvalue weighted by molar-refractivity contribution is -0.124. The van der Waals surface area contributed by atoms with Gasteiger partial charge < -0.3 is 13.6 Å². The number of rotatable bonds is 3. The number of hydrogen-bond donors (Lipinski definition) is 1. The van der Waals surface area contributed by atoms with Crippen molar-refractivity contribution in [2.24, 2.45) is 0 Å². The molecule has 14 heavy (non-hydrogen) atoms. The summed E-state index contributed by atoms with van der Waals surface area (Å²) in [5.74, 6) is -0.296. The second kappa shape index (κ2) is 7.82. The zero-order valence-corrected chi connectivity index (χ0v) is 9.30. The average molecular weight is 223 g/mol. The first kappa shape index (κ1) is 13.4. The number of hydrogen-bond acceptors (Lipinski definition) is 5. The fraction of sp³-hybridized carbons (Fsp3) is 0.714. The summed E-state index contributed by atoms with van der Waals surface area (Å²) in [6, 6.07) is 0. The standard InChI is InChI=1S/C4H5NO2.C3H9O3P/c6-3-1-2-4(7)5-3;1-4-7(5-2)6-3/h1-2H2,(H,5,6,7);1-3H3. The van der Waals surface area contributed by atoms with Crippen LogP contribution < -0.4 is 5.32 Å². The molecule has 82 valence electrons. The Balaban J connectivity index is 0.000000241. The van der Waals surface area contributed by atoms with E-state index in [2.05, 4.69) is 18.9 Å². The maximum absolute atomic E-state index is 10.1. The van der Waals surface area contributed by atoms with Crippen LogP contribution in [0.25, 0.3) is 0 Å². The van der Waals surface area contributed by atoms with Crippen molar-refractivity contribution in [2.45, 2.75) is 12.8 Å². The monoisotopic (exact) mass is 223 g/mol. The van der Waals surface area contributed by atoms with Crippen LogP contribution in [0.3, 0.4) is 0 Å². The lowest BCUT2D eigenvalue weighted by Crippen LogP contribution is -2.18. The minimum atomic E-state index is -1.05. The fourth-order valence-electron chi connectivity index (χ4n) is 0.731. The number of amides is 2. The van der Waals surface area contributed by atoms with Crippen LogP contribution in [0.4, 0.5) is 0 Å². The maximum Gasteiger partial charge on any atom is 0.331 e. The van der Waals surface area contributed by atoms with Gasteiger partial charge in [0.2, 0.25) is 11.8 Å². The quantitative estimate of drug-likeness (QED) is 0.559. The molecule has 6 nitrogen and oxygen atoms in total. The van der Waals surface area contributed by atoms with Crippen LogP contribution in [0.1, 0.15) is 12.8 Å². The molecule has 0 radical (unpaired) electrons. The summed E-state index contributed by atoms with van der Waals surface area (Å²) in [5.41, 5.74) is 0. The van der Waals surface area contributed by atoms with Crippen molar-refractivity contribution < 1.29 is 23.2 Å². The predicted molar refractivity (Wildman–Crippen MR) is 50.3 cm³/mol. The van der Waals surface area contributed by atoms with Crippen molar-refractivity contribution in [3.63, 3.8) is 0 Å². The number of carbonyl (C=O) groups excluding carboxylic acids is 2. The van der Waals surface area contributed by atoms with E-state index in [4.69, 9.17) is 0 Å². The number of carbonyl (C=O) groups is 2. The molecule has 0 aliphatic carbocycles. The first-order valence-corrected chi connectivity index (χ1v) is 4.98. The SMILES string of the molecule is COP(OC)OC.O=C1CCC(=O)N1. The highest BCUT2D eigenvalue weighted by Crippen LogP contribution is 2.35. The van der Waals surface area contributed by atoms with Crippen LogP contribution in [0.2, 0.25) is 0 Å². The molecule has 1 aliphatic heterocycles. The smallest absolute Gasteiger partial charge is 0.316 e. The Labute approximate surface area is 83.9 Å². The third kappa shape index (κ3) is 5.99. The van der Waals surface area contributed by atoms with Crippen molar-refractivity contribution >= 4 is 20.4 Å². The van der Waals surface area contributed by atoms with Gasteiger partial charge in [0.15, 0.2) is 0 Å². The van der Waals surface area contributed by atoms with E-state index in [1.807, 2.05) is 0 Å². The van der Waals surface area contributed by atoms with E-state index >= 15 is 0 Å². The van der Waals surface area contributed by atoms with Crippen LogP contribution in [0.5, 0.6) is 0 Å². The maximum atomic E-state index is 10.1. The Morgan fingerprint density at radius 2 is 1.36 bits per heavy atom. The molecule has 1 fully saturated rings. The molecule has 2 amide bonds. The zero-order chi connectivity index (χ0) is 11.0. The van der Waals surface area contributed by atoms with Crippen LogP contribution in [0.15, 0.2) is 0 Å². The van der Waals surface area contributed by atoms with Gasteiger partial charge in [-0.3, -0.25) is 14.9 Å². The van der Waals surface area contributed by atoms with E-state index in [0.29, 0.717) is 12.8 Å². The third-order valence-electron chi connectivity index (χ3n) is 1.31. The highest BCUT2D eigenvalue weighted by atomic mass is 31.2. The van der Waals surface area contributed by atoms with E-state index in [9.17, 15) is 9.59 Å². The van der Waals surface area contributed by atoms with Crippen LogP contribution in [-0.4, -0.2) is 33.1 Å². The van der Waals surface area contributed by atoms with Crippen molar-refractivity contribution in [1.82, 2.24) is 5.32 Å². The molecule has 1 N–H and O–H groups in total. The summed E-state index contributed by atoms with van der Waals surface area (Å²) in [6.45, 7) is 0. The molecule has 1 saturated heterocycles. The summed E-state index contributed by atoms with van der Waals surface area (Å²) >= 11 is 0. The molecule has 7 heteroatoms. The van der Waals surface area contributed by atoms with Gasteiger partial charge in [-0.05, 0) is 0 Å². The molecule has 0 spiro atoms. The van der Waals surface area contributed by atoms with Crippen molar-refractivity contribution in [3.8, 4) is 0 Å². The van der Waals surface area contributed by atoms with E-state index in [1.165, 1.54) is 0 Å². The molecule has 0 aromatic rings. The average Bonchev–Trinajstić information content (AvgIpc) is 2.54. The first-order valence-electron chi connectivity index (χ1n) is 3.89. The third-order valence-corrected chi connectivity index (χ3v) is 2.20. The largest absolute Gasteiger partial charge is 0.331 e. The highest BCUT2D eigenvalue weighted by molar-refractivity contribution is 7.41. The minimum Gasteiger partial charge on any atom is -0.316 e. The first-order chi connectivity index (χ1) is 6.63. The van der Waals surface area contributed by atoms with Crippen LogP contribution >= 0.6 is 8.60 Å². The normalized spacial score (nSPS) is 15.1. The van der Waals surface area contributed by atoms with Gasteiger partial charge in [0.1, 0.15) is 0 Å². The predicted octanol–water partition coefficient (Wildman–Crippen LogP) is 0.575. The van der Waals surface area contributed by atoms with Crippen LogP contribution in [-0.2, 0) is 23.2 Å². The van der Waals surface area contributed by atoms with Crippen molar-refractivity contribution in [3.05, 3.63) is 0 Å². The molecule has 1 heterocycles. The van der Waals surface area contributed by atoms with Gasteiger partial charge in [0, 0.05) is 34.2 Å². The molecule has 0 atom stereocenters. The van der Waals surface area contributed by atoms with Gasteiger partial charge in [-0.2, -0.15) is 0 Å². The second-order valence-corrected chi connectivity index (χ2v) is 3.79. The highest BCUT2D eigenvalue weighted by Gasteiger charge is 2.15. The second-order valence-electron chi connectivity index (χ2n) is 2.24. The van der Waals surface area contributed by atoms with Gasteiger partial charge >= 0.3 is 8.60 Å². The van der Waals surface area contributed by atoms with E-state index in [0.717, 1.165) is 0 Å². The van der Waals surface area contributed by atoms with Crippen molar-refractivity contribution in [2.75, 3.05) is 21.3 Å². The van der Waals surface area contributed by atoms with Gasteiger partial charge in [-0.25, -0.2) is 0 Å². The molecule has 0 aromatic carbocycles. The summed E-state index contributed by atoms with van der Waals surface area (Å²) in [7, 11) is 3.57. The van der Waals surface area contributed by atoms with Gasteiger partial charge in [-0.15, -0.1) is 0 Å². The Hall–Kier alpha value is -0.550. The summed E-state index contributed by atoms with van der Waals surface area (Å²) in [4.78, 5) is 20.2. The summed E-state index contributed by atoms with van der Waals surface area (Å²) < 4.78 is 14.0. The lowest BCUT2D eigenvalue weighted by Gasteiger charge is -2.05. The molecule has 1 aliphatic rings. The fourth-order valence-corrected chi connectivity index (χ4v) is 1.18. The van der Waals surface area contributed by atoms with Crippen molar-refractivity contribution in [1.29, 1.82) is 0 Å². The van der Waals surface area contributed by atoms with Crippen LogP contribution in [0, 0.1) is 0 Å². The van der Waals surface area contributed by atoms with E-state index in [1.54, 1.807) is 21.3 Å². The summed E-state index contributed by atoms with van der Waals surface area (Å²) in [6.07, 6.45) is 0.748. The topological polar surface area (TPSA) is 73.9 Å². The Bertz CT molecular complexity index is 175. The number of nitrogens with one attached hydrogen (secondary N) is 1. The Morgan fingerprint density at radius 1 is 1.00 bits per heavy atom. The van der Waals surface area contributed by atoms with Gasteiger partial charge in [0.05, 0.1) is 0 Å². The molecular formula is C7H14NO5P. The molecule has 0 aromatic heterocycles. The zero-order valence-electron chi connectivity index (χ0n) is 8.40.